The minimum absolute atomic E-state index is 0.434. The molecule has 0 aliphatic carbocycles. The highest BCUT2D eigenvalue weighted by atomic mass is 16.1. The molecule has 5 nitrogen and oxygen atoms in total. The Labute approximate surface area is 108 Å². The molecule has 0 saturated heterocycles. The van der Waals surface area contributed by atoms with Gasteiger partial charge in [-0.3, -0.25) is 4.79 Å². The van der Waals surface area contributed by atoms with Crippen molar-refractivity contribution in [3.8, 4) is 0 Å². The van der Waals surface area contributed by atoms with Crippen LogP contribution in [-0.4, -0.2) is 42.0 Å². The number of rotatable bonds is 7. The van der Waals surface area contributed by atoms with Gasteiger partial charge in [0.25, 0.3) is 5.91 Å². The van der Waals surface area contributed by atoms with Gasteiger partial charge in [0.2, 0.25) is 0 Å². The molecule has 5 heteroatoms. The van der Waals surface area contributed by atoms with Gasteiger partial charge < -0.3 is 16.0 Å². The zero-order valence-electron chi connectivity index (χ0n) is 11.3. The van der Waals surface area contributed by atoms with E-state index in [0.717, 1.165) is 19.5 Å². The standard InChI is InChI=1S/C13H22N4O/c1-4-10(2)17(3)9-8-16-13-11(12(14)18)6-5-7-15-13/h5-7,10H,4,8-9H2,1-3H3,(H2,14,18)(H,15,16). The highest BCUT2D eigenvalue weighted by Gasteiger charge is 2.09. The van der Waals surface area contributed by atoms with E-state index in [-0.39, 0.29) is 0 Å². The first kappa shape index (κ1) is 14.4. The van der Waals surface area contributed by atoms with Crippen molar-refractivity contribution in [1.82, 2.24) is 9.88 Å². The van der Waals surface area contributed by atoms with E-state index in [1.165, 1.54) is 0 Å². The number of hydrogen-bond donors (Lipinski definition) is 2. The Hall–Kier alpha value is -1.62. The van der Waals surface area contributed by atoms with E-state index in [0.29, 0.717) is 17.4 Å². The molecule has 1 heterocycles. The first-order valence-corrected chi connectivity index (χ1v) is 6.25. The number of amides is 1. The number of hydrogen-bond acceptors (Lipinski definition) is 4. The molecule has 0 fully saturated rings. The zero-order chi connectivity index (χ0) is 13.5. The van der Waals surface area contributed by atoms with E-state index < -0.39 is 5.91 Å². The number of nitrogens with zero attached hydrogens (tertiary/aromatic N) is 2. The second-order valence-electron chi connectivity index (χ2n) is 4.43. The normalized spacial score (nSPS) is 12.4. The number of likely N-dealkylation sites (N-methyl/N-ethyl adjacent to an activating group) is 1. The quantitative estimate of drug-likeness (QED) is 0.765. The molecule has 0 spiro atoms. The fourth-order valence-electron chi connectivity index (χ4n) is 1.63. The summed E-state index contributed by atoms with van der Waals surface area (Å²) < 4.78 is 0. The van der Waals surface area contributed by atoms with Gasteiger partial charge in [-0.15, -0.1) is 0 Å². The van der Waals surface area contributed by atoms with Crippen molar-refractivity contribution in [2.24, 2.45) is 5.73 Å². The Bertz CT molecular complexity index is 394. The third-order valence-electron chi connectivity index (χ3n) is 3.17. The minimum atomic E-state index is -0.458. The predicted octanol–water partition coefficient (Wildman–Crippen LogP) is 1.32. The molecule has 0 radical (unpaired) electrons. The number of carbonyl (C=O) groups excluding carboxylic acids is 1. The predicted molar refractivity (Wildman–Crippen MR) is 73.6 cm³/mol. The average molecular weight is 250 g/mol. The summed E-state index contributed by atoms with van der Waals surface area (Å²) in [5.41, 5.74) is 5.72. The van der Waals surface area contributed by atoms with Crippen LogP contribution in [0, 0.1) is 0 Å². The molecule has 1 aromatic rings. The van der Waals surface area contributed by atoms with Gasteiger partial charge in [0.05, 0.1) is 5.56 Å². The van der Waals surface area contributed by atoms with Crippen LogP contribution >= 0.6 is 0 Å². The van der Waals surface area contributed by atoms with Crippen molar-refractivity contribution in [1.29, 1.82) is 0 Å². The smallest absolute Gasteiger partial charge is 0.252 e. The van der Waals surface area contributed by atoms with Gasteiger partial charge in [0.15, 0.2) is 0 Å². The topological polar surface area (TPSA) is 71.2 Å². The molecule has 0 aliphatic rings. The highest BCUT2D eigenvalue weighted by molar-refractivity contribution is 5.97. The lowest BCUT2D eigenvalue weighted by Crippen LogP contribution is -2.33. The van der Waals surface area contributed by atoms with Gasteiger partial charge in [0, 0.05) is 25.3 Å². The van der Waals surface area contributed by atoms with Crippen LogP contribution in [0.4, 0.5) is 5.82 Å². The molecular formula is C13H22N4O. The highest BCUT2D eigenvalue weighted by Crippen LogP contribution is 2.10. The molecule has 1 unspecified atom stereocenters. The van der Waals surface area contributed by atoms with Gasteiger partial charge >= 0.3 is 0 Å². The number of anilines is 1. The minimum Gasteiger partial charge on any atom is -0.368 e. The van der Waals surface area contributed by atoms with E-state index in [1.54, 1.807) is 18.3 Å². The summed E-state index contributed by atoms with van der Waals surface area (Å²) in [7, 11) is 2.09. The van der Waals surface area contributed by atoms with Crippen molar-refractivity contribution in [3.63, 3.8) is 0 Å². The third kappa shape index (κ3) is 4.00. The SMILES string of the molecule is CCC(C)N(C)CCNc1ncccc1C(N)=O. The van der Waals surface area contributed by atoms with Gasteiger partial charge in [-0.1, -0.05) is 6.92 Å². The molecule has 100 valence electrons. The van der Waals surface area contributed by atoms with Crippen LogP contribution in [0.1, 0.15) is 30.6 Å². The Morgan fingerprint density at radius 1 is 1.61 bits per heavy atom. The number of nitrogens with two attached hydrogens (primary N) is 1. The third-order valence-corrected chi connectivity index (χ3v) is 3.17. The second kappa shape index (κ2) is 6.96. The van der Waals surface area contributed by atoms with Crippen LogP contribution < -0.4 is 11.1 Å². The summed E-state index contributed by atoms with van der Waals surface area (Å²) in [6, 6.07) is 3.93. The number of aromatic nitrogens is 1. The molecule has 1 aromatic heterocycles. The van der Waals surface area contributed by atoms with Crippen LogP contribution in [0.3, 0.4) is 0 Å². The van der Waals surface area contributed by atoms with Gasteiger partial charge in [-0.2, -0.15) is 0 Å². The Morgan fingerprint density at radius 3 is 2.94 bits per heavy atom. The molecule has 0 saturated carbocycles. The fraction of sp³-hybridized carbons (Fsp3) is 0.538. The first-order chi connectivity index (χ1) is 8.56. The van der Waals surface area contributed by atoms with Crippen molar-refractivity contribution < 1.29 is 4.79 Å². The summed E-state index contributed by atoms with van der Waals surface area (Å²) in [6.45, 7) is 5.98. The zero-order valence-corrected chi connectivity index (χ0v) is 11.3. The lowest BCUT2D eigenvalue weighted by molar-refractivity contribution is 0.100. The maximum Gasteiger partial charge on any atom is 0.252 e. The fourth-order valence-corrected chi connectivity index (χ4v) is 1.63. The van der Waals surface area contributed by atoms with Crippen LogP contribution in [-0.2, 0) is 0 Å². The number of pyridine rings is 1. The molecule has 1 amide bonds. The molecule has 18 heavy (non-hydrogen) atoms. The maximum absolute atomic E-state index is 11.2. The average Bonchev–Trinajstić information content (AvgIpc) is 2.38. The number of carbonyl (C=O) groups is 1. The van der Waals surface area contributed by atoms with Crippen LogP contribution in [0.15, 0.2) is 18.3 Å². The molecule has 1 rings (SSSR count). The van der Waals surface area contributed by atoms with Gasteiger partial charge in [0.1, 0.15) is 5.82 Å². The van der Waals surface area contributed by atoms with E-state index in [4.69, 9.17) is 5.73 Å². The monoisotopic (exact) mass is 250 g/mol. The van der Waals surface area contributed by atoms with E-state index >= 15 is 0 Å². The first-order valence-electron chi connectivity index (χ1n) is 6.25. The molecular weight excluding hydrogens is 228 g/mol. The lowest BCUT2D eigenvalue weighted by Gasteiger charge is -2.23. The van der Waals surface area contributed by atoms with Crippen molar-refractivity contribution in [3.05, 3.63) is 23.9 Å². The Kier molecular flexibility index (Phi) is 5.58. The molecule has 1 atom stereocenters. The van der Waals surface area contributed by atoms with Gasteiger partial charge in [-0.25, -0.2) is 4.98 Å². The summed E-state index contributed by atoms with van der Waals surface area (Å²) in [5.74, 6) is 0.100. The molecule has 3 N–H and O–H groups in total. The van der Waals surface area contributed by atoms with E-state index in [1.807, 2.05) is 0 Å². The van der Waals surface area contributed by atoms with Crippen molar-refractivity contribution >= 4 is 11.7 Å². The summed E-state index contributed by atoms with van der Waals surface area (Å²) in [6.07, 6.45) is 2.76. The Morgan fingerprint density at radius 2 is 2.33 bits per heavy atom. The summed E-state index contributed by atoms with van der Waals surface area (Å²) in [4.78, 5) is 17.6. The summed E-state index contributed by atoms with van der Waals surface area (Å²) >= 11 is 0. The van der Waals surface area contributed by atoms with Crippen LogP contribution in [0.5, 0.6) is 0 Å². The van der Waals surface area contributed by atoms with Crippen molar-refractivity contribution in [2.75, 3.05) is 25.5 Å². The van der Waals surface area contributed by atoms with Crippen LogP contribution in [0.2, 0.25) is 0 Å². The van der Waals surface area contributed by atoms with Crippen molar-refractivity contribution in [2.45, 2.75) is 26.3 Å². The largest absolute Gasteiger partial charge is 0.368 e. The molecule has 0 bridgehead atoms. The Balaban J connectivity index is 2.51. The lowest BCUT2D eigenvalue weighted by atomic mass is 10.2. The van der Waals surface area contributed by atoms with Crippen LogP contribution in [0.25, 0.3) is 0 Å². The van der Waals surface area contributed by atoms with E-state index in [2.05, 4.69) is 36.1 Å². The maximum atomic E-state index is 11.2. The van der Waals surface area contributed by atoms with E-state index in [9.17, 15) is 4.79 Å². The molecule has 0 aromatic carbocycles. The number of nitrogens with one attached hydrogen (secondary N) is 1. The summed E-state index contributed by atoms with van der Waals surface area (Å²) in [5, 5.41) is 3.15. The second-order valence-corrected chi connectivity index (χ2v) is 4.43. The van der Waals surface area contributed by atoms with Gasteiger partial charge in [-0.05, 0) is 32.5 Å². The number of primary amides is 1. The molecule has 0 aliphatic heterocycles.